The largest absolute Gasteiger partial charge is 0.497 e. The summed E-state index contributed by atoms with van der Waals surface area (Å²) in [6.45, 7) is 4.22. The van der Waals surface area contributed by atoms with Gasteiger partial charge in [-0.3, -0.25) is 0 Å². The van der Waals surface area contributed by atoms with E-state index in [9.17, 15) is 0 Å². The molecule has 112 valence electrons. The van der Waals surface area contributed by atoms with Gasteiger partial charge in [0.05, 0.1) is 25.5 Å². The molecule has 2 aromatic rings. The lowest BCUT2D eigenvalue weighted by molar-refractivity contribution is 0.331. The highest BCUT2D eigenvalue weighted by atomic mass is 16.5. The molecule has 1 aromatic carbocycles. The van der Waals surface area contributed by atoms with Gasteiger partial charge in [-0.05, 0) is 43.3 Å². The molecule has 0 aliphatic rings. The summed E-state index contributed by atoms with van der Waals surface area (Å²) in [5.41, 5.74) is 1.03. The van der Waals surface area contributed by atoms with Crippen molar-refractivity contribution in [1.29, 1.82) is 0 Å². The zero-order chi connectivity index (χ0) is 14.9. The zero-order valence-corrected chi connectivity index (χ0v) is 12.4. The Bertz CT molecular complexity index is 526. The van der Waals surface area contributed by atoms with Gasteiger partial charge in [0.25, 0.3) is 0 Å². The summed E-state index contributed by atoms with van der Waals surface area (Å²) in [4.78, 5) is 4.32. The van der Waals surface area contributed by atoms with Crippen LogP contribution in [0, 0.1) is 0 Å². The lowest BCUT2D eigenvalue weighted by Gasteiger charge is -2.09. The first-order valence-corrected chi connectivity index (χ1v) is 7.02. The van der Waals surface area contributed by atoms with Crippen LogP contribution in [0.3, 0.4) is 0 Å². The van der Waals surface area contributed by atoms with E-state index in [0.717, 1.165) is 29.5 Å². The molecule has 0 saturated carbocycles. The van der Waals surface area contributed by atoms with Gasteiger partial charge < -0.3 is 20.1 Å². The van der Waals surface area contributed by atoms with Crippen molar-refractivity contribution in [2.75, 3.05) is 37.4 Å². The Hall–Kier alpha value is -2.43. The molecule has 0 atom stereocenters. The minimum Gasteiger partial charge on any atom is -0.497 e. The Labute approximate surface area is 125 Å². The fraction of sp³-hybridized carbons (Fsp3) is 0.312. The van der Waals surface area contributed by atoms with Crippen molar-refractivity contribution in [3.8, 4) is 11.5 Å². The van der Waals surface area contributed by atoms with Crippen LogP contribution in [0.1, 0.15) is 6.92 Å². The number of hydrogen-bond acceptors (Lipinski definition) is 5. The van der Waals surface area contributed by atoms with Crippen molar-refractivity contribution in [3.63, 3.8) is 0 Å². The van der Waals surface area contributed by atoms with Crippen LogP contribution in [0.25, 0.3) is 0 Å². The molecule has 21 heavy (non-hydrogen) atoms. The van der Waals surface area contributed by atoms with Gasteiger partial charge >= 0.3 is 0 Å². The van der Waals surface area contributed by atoms with Crippen LogP contribution in [0.5, 0.6) is 11.5 Å². The van der Waals surface area contributed by atoms with E-state index in [1.54, 1.807) is 7.11 Å². The molecule has 0 bridgehead atoms. The van der Waals surface area contributed by atoms with E-state index in [4.69, 9.17) is 9.47 Å². The van der Waals surface area contributed by atoms with Crippen LogP contribution in [-0.4, -0.2) is 31.8 Å². The Balaban J connectivity index is 1.71. The molecule has 1 aromatic heterocycles. The standard InChI is InChI=1S/C16H21N3O2/c1-3-17-13-4-9-16(19-12-13)18-10-11-21-15-7-5-14(20-2)6-8-15/h4-9,12,17H,3,10-11H2,1-2H3,(H,18,19). The fourth-order valence-electron chi connectivity index (χ4n) is 1.83. The van der Waals surface area contributed by atoms with Crippen molar-refractivity contribution >= 4 is 11.5 Å². The molecule has 0 aliphatic heterocycles. The first kappa shape index (κ1) is 15.0. The number of pyridine rings is 1. The highest BCUT2D eigenvalue weighted by Gasteiger charge is 1.97. The van der Waals surface area contributed by atoms with Crippen molar-refractivity contribution < 1.29 is 9.47 Å². The Morgan fingerprint density at radius 1 is 1.00 bits per heavy atom. The van der Waals surface area contributed by atoms with Gasteiger partial charge in [-0.25, -0.2) is 4.98 Å². The number of aromatic nitrogens is 1. The first-order chi connectivity index (χ1) is 10.3. The lowest BCUT2D eigenvalue weighted by atomic mass is 10.3. The minimum absolute atomic E-state index is 0.572. The van der Waals surface area contributed by atoms with Gasteiger partial charge in [-0.1, -0.05) is 0 Å². The zero-order valence-electron chi connectivity index (χ0n) is 12.4. The van der Waals surface area contributed by atoms with Crippen LogP contribution >= 0.6 is 0 Å². The average molecular weight is 287 g/mol. The van der Waals surface area contributed by atoms with Crippen LogP contribution in [0.4, 0.5) is 11.5 Å². The molecule has 0 aliphatic carbocycles. The van der Waals surface area contributed by atoms with Gasteiger partial charge in [-0.15, -0.1) is 0 Å². The molecule has 5 nitrogen and oxygen atoms in total. The monoisotopic (exact) mass is 287 g/mol. The number of methoxy groups -OCH3 is 1. The summed E-state index contributed by atoms with van der Waals surface area (Å²) >= 11 is 0. The van der Waals surface area contributed by atoms with E-state index in [2.05, 4.69) is 22.5 Å². The van der Waals surface area contributed by atoms with Gasteiger partial charge in [-0.2, -0.15) is 0 Å². The maximum absolute atomic E-state index is 5.63. The number of benzene rings is 1. The van der Waals surface area contributed by atoms with E-state index >= 15 is 0 Å². The van der Waals surface area contributed by atoms with Crippen LogP contribution in [0.2, 0.25) is 0 Å². The topological polar surface area (TPSA) is 55.4 Å². The summed E-state index contributed by atoms with van der Waals surface area (Å²) in [5, 5.41) is 6.43. The van der Waals surface area contributed by atoms with E-state index in [-0.39, 0.29) is 0 Å². The predicted molar refractivity (Wildman–Crippen MR) is 85.4 cm³/mol. The SMILES string of the molecule is CCNc1ccc(NCCOc2ccc(OC)cc2)nc1. The summed E-state index contributed by atoms with van der Waals surface area (Å²) in [7, 11) is 1.65. The Morgan fingerprint density at radius 2 is 1.76 bits per heavy atom. The highest BCUT2D eigenvalue weighted by molar-refractivity contribution is 5.47. The molecule has 0 unspecified atom stereocenters. The quantitative estimate of drug-likeness (QED) is 0.731. The molecule has 0 radical (unpaired) electrons. The first-order valence-electron chi connectivity index (χ1n) is 7.02. The van der Waals surface area contributed by atoms with Crippen molar-refractivity contribution in [1.82, 2.24) is 4.98 Å². The maximum Gasteiger partial charge on any atom is 0.126 e. The summed E-state index contributed by atoms with van der Waals surface area (Å²) in [5.74, 6) is 2.49. The molecular weight excluding hydrogens is 266 g/mol. The van der Waals surface area contributed by atoms with Gasteiger partial charge in [0.15, 0.2) is 0 Å². The van der Waals surface area contributed by atoms with Gasteiger partial charge in [0.1, 0.15) is 23.9 Å². The van der Waals surface area contributed by atoms with E-state index in [0.29, 0.717) is 13.2 Å². The second-order valence-corrected chi connectivity index (χ2v) is 4.41. The number of rotatable bonds is 8. The van der Waals surface area contributed by atoms with Crippen molar-refractivity contribution in [2.24, 2.45) is 0 Å². The molecule has 1 heterocycles. The number of nitrogens with one attached hydrogen (secondary N) is 2. The summed E-state index contributed by atoms with van der Waals surface area (Å²) in [6, 6.07) is 11.5. The molecule has 0 saturated heterocycles. The highest BCUT2D eigenvalue weighted by Crippen LogP contribution is 2.16. The second-order valence-electron chi connectivity index (χ2n) is 4.41. The maximum atomic E-state index is 5.63. The minimum atomic E-state index is 0.572. The van der Waals surface area contributed by atoms with E-state index in [1.165, 1.54) is 0 Å². The lowest BCUT2D eigenvalue weighted by Crippen LogP contribution is -2.12. The summed E-state index contributed by atoms with van der Waals surface area (Å²) in [6.07, 6.45) is 1.82. The van der Waals surface area contributed by atoms with E-state index in [1.807, 2.05) is 42.6 Å². The number of hydrogen-bond donors (Lipinski definition) is 2. The van der Waals surface area contributed by atoms with Gasteiger partial charge in [0.2, 0.25) is 0 Å². The number of anilines is 2. The molecule has 0 amide bonds. The molecule has 0 fully saturated rings. The van der Waals surface area contributed by atoms with Gasteiger partial charge in [0, 0.05) is 6.54 Å². The molecule has 5 heteroatoms. The normalized spacial score (nSPS) is 10.0. The van der Waals surface area contributed by atoms with Crippen molar-refractivity contribution in [3.05, 3.63) is 42.6 Å². The molecule has 2 N–H and O–H groups in total. The fourth-order valence-corrected chi connectivity index (χ4v) is 1.83. The smallest absolute Gasteiger partial charge is 0.126 e. The third kappa shape index (κ3) is 4.87. The molecule has 2 rings (SSSR count). The predicted octanol–water partition coefficient (Wildman–Crippen LogP) is 3.01. The third-order valence-corrected chi connectivity index (χ3v) is 2.88. The molecule has 0 spiro atoms. The second kappa shape index (κ2) is 7.99. The van der Waals surface area contributed by atoms with Crippen LogP contribution in [-0.2, 0) is 0 Å². The Morgan fingerprint density at radius 3 is 2.38 bits per heavy atom. The Kier molecular flexibility index (Phi) is 5.70. The number of nitrogens with zero attached hydrogens (tertiary/aromatic N) is 1. The van der Waals surface area contributed by atoms with E-state index < -0.39 is 0 Å². The number of ether oxygens (including phenoxy) is 2. The van der Waals surface area contributed by atoms with Crippen LogP contribution in [0.15, 0.2) is 42.6 Å². The third-order valence-electron chi connectivity index (χ3n) is 2.88. The molecular formula is C16H21N3O2. The summed E-state index contributed by atoms with van der Waals surface area (Å²) < 4.78 is 10.7. The average Bonchev–Trinajstić information content (AvgIpc) is 2.54. The van der Waals surface area contributed by atoms with Crippen LogP contribution < -0.4 is 20.1 Å². The van der Waals surface area contributed by atoms with Crippen molar-refractivity contribution in [2.45, 2.75) is 6.92 Å².